The minimum absolute atomic E-state index is 0.0401. The average molecular weight is 451 g/mol. The number of benzene rings is 2. The van der Waals surface area contributed by atoms with Gasteiger partial charge < -0.3 is 0 Å². The first-order valence-corrected chi connectivity index (χ1v) is 12.0. The fraction of sp³-hybridized carbons (Fsp3) is 0.292. The van der Waals surface area contributed by atoms with E-state index in [9.17, 15) is 4.79 Å². The van der Waals surface area contributed by atoms with Crippen molar-refractivity contribution in [1.82, 2.24) is 14.8 Å². The van der Waals surface area contributed by atoms with Crippen molar-refractivity contribution in [1.29, 1.82) is 0 Å². The zero-order valence-corrected chi connectivity index (χ0v) is 19.8. The van der Waals surface area contributed by atoms with E-state index in [0.717, 1.165) is 20.9 Å². The molecule has 7 heteroatoms. The molecular formula is C24H26N4OS2. The smallest absolute Gasteiger partial charge is 0.260 e. The van der Waals surface area contributed by atoms with Gasteiger partial charge in [-0.1, -0.05) is 31.3 Å². The number of amides is 1. The molecule has 2 heterocycles. The number of anilines is 1. The lowest BCUT2D eigenvalue weighted by molar-refractivity contribution is 0.0985. The molecule has 0 N–H and O–H groups in total. The Morgan fingerprint density at radius 1 is 1.19 bits per heavy atom. The van der Waals surface area contributed by atoms with Gasteiger partial charge in [-0.25, -0.2) is 4.98 Å². The normalized spacial score (nSPS) is 11.4. The summed E-state index contributed by atoms with van der Waals surface area (Å²) >= 11 is 3.36. The second-order valence-electron chi connectivity index (χ2n) is 7.84. The molecule has 4 aromatic rings. The number of thiazole rings is 1. The zero-order valence-electron chi connectivity index (χ0n) is 18.2. The summed E-state index contributed by atoms with van der Waals surface area (Å²) in [4.78, 5) is 21.3. The summed E-state index contributed by atoms with van der Waals surface area (Å²) in [6, 6.07) is 14.0. The van der Waals surface area contributed by atoms with E-state index in [1.807, 2.05) is 41.2 Å². The maximum absolute atomic E-state index is 13.5. The Bertz CT molecular complexity index is 1180. The Hall–Kier alpha value is -2.64. The van der Waals surface area contributed by atoms with Crippen molar-refractivity contribution >= 4 is 44.4 Å². The maximum atomic E-state index is 13.5. The minimum Gasteiger partial charge on any atom is -0.282 e. The largest absolute Gasteiger partial charge is 0.282 e. The van der Waals surface area contributed by atoms with Crippen molar-refractivity contribution in [3.63, 3.8) is 0 Å². The van der Waals surface area contributed by atoms with Crippen LogP contribution in [0.1, 0.15) is 35.3 Å². The molecular weight excluding hydrogens is 424 g/mol. The Labute approximate surface area is 191 Å². The number of aryl methyl sites for hydroxylation is 2. The van der Waals surface area contributed by atoms with Crippen LogP contribution >= 0.6 is 23.1 Å². The Morgan fingerprint density at radius 2 is 1.97 bits per heavy atom. The van der Waals surface area contributed by atoms with Crippen LogP contribution < -0.4 is 4.90 Å². The van der Waals surface area contributed by atoms with Crippen LogP contribution in [0.3, 0.4) is 0 Å². The van der Waals surface area contributed by atoms with Crippen molar-refractivity contribution < 1.29 is 4.79 Å². The number of hydrogen-bond donors (Lipinski definition) is 0. The summed E-state index contributed by atoms with van der Waals surface area (Å²) in [6.07, 6.45) is 3.66. The molecule has 0 unspecified atom stereocenters. The SMILES string of the molecule is Cc1cc(C)c2nc(N(CCn3cccn3)C(=O)c3ccc(SC(C)C)cc3)sc2c1. The molecule has 0 bridgehead atoms. The first kappa shape index (κ1) is 21.6. The van der Waals surface area contributed by atoms with Gasteiger partial charge in [0.2, 0.25) is 0 Å². The van der Waals surface area contributed by atoms with Crippen LogP contribution in [-0.4, -0.2) is 32.5 Å². The Kier molecular flexibility index (Phi) is 6.43. The summed E-state index contributed by atoms with van der Waals surface area (Å²) in [6.45, 7) is 9.59. The van der Waals surface area contributed by atoms with Crippen LogP contribution in [-0.2, 0) is 6.54 Å². The molecule has 2 aromatic heterocycles. The molecule has 0 radical (unpaired) electrons. The topological polar surface area (TPSA) is 51.0 Å². The molecule has 5 nitrogen and oxygen atoms in total. The first-order chi connectivity index (χ1) is 14.9. The zero-order chi connectivity index (χ0) is 22.0. The molecule has 0 atom stereocenters. The molecule has 0 aliphatic heterocycles. The summed E-state index contributed by atoms with van der Waals surface area (Å²) < 4.78 is 2.94. The predicted molar refractivity (Wildman–Crippen MR) is 130 cm³/mol. The molecule has 31 heavy (non-hydrogen) atoms. The van der Waals surface area contributed by atoms with Gasteiger partial charge in [-0.15, -0.1) is 11.8 Å². The second-order valence-corrected chi connectivity index (χ2v) is 10.5. The van der Waals surface area contributed by atoms with E-state index in [1.54, 1.807) is 34.2 Å². The summed E-state index contributed by atoms with van der Waals surface area (Å²) in [5, 5.41) is 5.51. The third kappa shape index (κ3) is 4.99. The molecule has 0 aliphatic rings. The van der Waals surface area contributed by atoms with Gasteiger partial charge in [0, 0.05) is 34.6 Å². The number of carbonyl (C=O) groups is 1. The van der Waals surface area contributed by atoms with E-state index in [-0.39, 0.29) is 5.91 Å². The third-order valence-electron chi connectivity index (χ3n) is 4.88. The van der Waals surface area contributed by atoms with E-state index in [4.69, 9.17) is 4.98 Å². The molecule has 2 aromatic carbocycles. The van der Waals surface area contributed by atoms with E-state index >= 15 is 0 Å². The summed E-state index contributed by atoms with van der Waals surface area (Å²) in [5.74, 6) is -0.0401. The van der Waals surface area contributed by atoms with Gasteiger partial charge >= 0.3 is 0 Å². The number of rotatable bonds is 7. The van der Waals surface area contributed by atoms with Gasteiger partial charge in [0.1, 0.15) is 0 Å². The third-order valence-corrected chi connectivity index (χ3v) is 6.92. The number of thioether (sulfide) groups is 1. The molecule has 160 valence electrons. The van der Waals surface area contributed by atoms with E-state index < -0.39 is 0 Å². The highest BCUT2D eigenvalue weighted by Gasteiger charge is 2.22. The molecule has 0 saturated carbocycles. The summed E-state index contributed by atoms with van der Waals surface area (Å²) in [7, 11) is 0. The number of hydrogen-bond acceptors (Lipinski definition) is 5. The molecule has 1 amide bonds. The minimum atomic E-state index is -0.0401. The molecule has 0 aliphatic carbocycles. The van der Waals surface area contributed by atoms with E-state index in [0.29, 0.717) is 23.9 Å². The van der Waals surface area contributed by atoms with Gasteiger partial charge in [-0.05, 0) is 61.4 Å². The van der Waals surface area contributed by atoms with Crippen LogP contribution in [0, 0.1) is 13.8 Å². The number of fused-ring (bicyclic) bond motifs is 1. The Balaban J connectivity index is 1.66. The predicted octanol–water partition coefficient (Wildman–Crippen LogP) is 5.96. The van der Waals surface area contributed by atoms with Crippen LogP contribution in [0.5, 0.6) is 0 Å². The van der Waals surface area contributed by atoms with Gasteiger partial charge in [0.15, 0.2) is 5.13 Å². The number of nitrogens with zero attached hydrogens (tertiary/aromatic N) is 4. The van der Waals surface area contributed by atoms with Crippen LogP contribution in [0.2, 0.25) is 0 Å². The number of aromatic nitrogens is 3. The fourth-order valence-corrected chi connectivity index (χ4v) is 5.50. The quantitative estimate of drug-likeness (QED) is 0.326. The summed E-state index contributed by atoms with van der Waals surface area (Å²) in [5.41, 5.74) is 3.96. The monoisotopic (exact) mass is 450 g/mol. The van der Waals surface area contributed by atoms with Crippen molar-refractivity contribution in [3.05, 3.63) is 71.5 Å². The van der Waals surface area contributed by atoms with Crippen molar-refractivity contribution in [2.24, 2.45) is 0 Å². The average Bonchev–Trinajstić information content (AvgIpc) is 3.38. The highest BCUT2D eigenvalue weighted by molar-refractivity contribution is 7.99. The molecule has 4 rings (SSSR count). The van der Waals surface area contributed by atoms with Crippen LogP contribution in [0.15, 0.2) is 59.8 Å². The highest BCUT2D eigenvalue weighted by Crippen LogP contribution is 2.32. The van der Waals surface area contributed by atoms with Gasteiger partial charge in [0.25, 0.3) is 5.91 Å². The van der Waals surface area contributed by atoms with Crippen molar-refractivity contribution in [3.8, 4) is 0 Å². The van der Waals surface area contributed by atoms with Crippen LogP contribution in [0.4, 0.5) is 5.13 Å². The fourth-order valence-electron chi connectivity index (χ4n) is 3.50. The second kappa shape index (κ2) is 9.24. The lowest BCUT2D eigenvalue weighted by Gasteiger charge is -2.20. The van der Waals surface area contributed by atoms with Crippen LogP contribution in [0.25, 0.3) is 10.2 Å². The molecule has 0 spiro atoms. The first-order valence-electron chi connectivity index (χ1n) is 10.3. The molecule has 0 fully saturated rings. The van der Waals surface area contributed by atoms with E-state index in [2.05, 4.69) is 44.9 Å². The Morgan fingerprint density at radius 3 is 2.65 bits per heavy atom. The lowest BCUT2D eigenvalue weighted by Crippen LogP contribution is -2.34. The van der Waals surface area contributed by atoms with Gasteiger partial charge in [-0.3, -0.25) is 14.4 Å². The molecule has 0 saturated heterocycles. The van der Waals surface area contributed by atoms with Crippen molar-refractivity contribution in [2.45, 2.75) is 44.4 Å². The van der Waals surface area contributed by atoms with E-state index in [1.165, 1.54) is 10.5 Å². The number of carbonyl (C=O) groups excluding carboxylic acids is 1. The van der Waals surface area contributed by atoms with Gasteiger partial charge in [-0.2, -0.15) is 5.10 Å². The standard InChI is InChI=1S/C24H26N4OS2/c1-16(2)30-20-8-6-19(7-9-20)23(29)28(13-12-27-11-5-10-25-27)24-26-22-18(4)14-17(3)15-21(22)31-24/h5-11,14-16H,12-13H2,1-4H3. The lowest BCUT2D eigenvalue weighted by atomic mass is 10.1. The van der Waals surface area contributed by atoms with Crippen molar-refractivity contribution in [2.75, 3.05) is 11.4 Å². The maximum Gasteiger partial charge on any atom is 0.260 e. The van der Waals surface area contributed by atoms with Gasteiger partial charge in [0.05, 0.1) is 16.8 Å². The highest BCUT2D eigenvalue weighted by atomic mass is 32.2.